The van der Waals surface area contributed by atoms with Crippen LogP contribution in [0.5, 0.6) is 0 Å². The molecular weight excluding hydrogens is 622 g/mol. The molecule has 0 rings (SSSR count). The van der Waals surface area contributed by atoms with E-state index in [4.69, 9.17) is 0 Å². The first kappa shape index (κ1) is 48.8. The van der Waals surface area contributed by atoms with Crippen LogP contribution in [-0.4, -0.2) is 57.3 Å². The summed E-state index contributed by atoms with van der Waals surface area (Å²) >= 11 is 0. The maximum absolute atomic E-state index is 12.4. The van der Waals surface area contributed by atoms with Gasteiger partial charge in [-0.05, 0) is 64.2 Å². The first-order chi connectivity index (χ1) is 24.5. The predicted molar refractivity (Wildman–Crippen MR) is 214 cm³/mol. The van der Waals surface area contributed by atoms with E-state index >= 15 is 0 Å². The summed E-state index contributed by atoms with van der Waals surface area (Å²) in [5, 5.41) is 43.3. The average Bonchev–Trinajstić information content (AvgIpc) is 3.12. The van der Waals surface area contributed by atoms with Crippen molar-refractivity contribution in [3.63, 3.8) is 0 Å². The summed E-state index contributed by atoms with van der Waals surface area (Å²) in [6.45, 7) is 3.97. The number of carbonyl (C=O) groups is 1. The highest BCUT2D eigenvalue weighted by molar-refractivity contribution is 5.80. The van der Waals surface area contributed by atoms with Gasteiger partial charge in [-0.2, -0.15) is 0 Å². The van der Waals surface area contributed by atoms with Crippen molar-refractivity contribution >= 4 is 5.91 Å². The number of unbranched alkanes of at least 4 members (excludes halogenated alkanes) is 26. The fourth-order valence-electron chi connectivity index (χ4n) is 6.63. The molecule has 0 saturated carbocycles. The van der Waals surface area contributed by atoms with E-state index in [2.05, 4.69) is 43.5 Å². The lowest BCUT2D eigenvalue weighted by molar-refractivity contribution is -0.132. The van der Waals surface area contributed by atoms with Crippen molar-refractivity contribution < 1.29 is 25.2 Å². The largest absolute Gasteiger partial charge is 0.394 e. The molecule has 0 radical (unpaired) electrons. The molecule has 6 heteroatoms. The number of carbonyl (C=O) groups excluding carboxylic acids is 1. The molecule has 0 aliphatic rings. The SMILES string of the molecule is CCCCC/C=C/CCCC(O)C(O)C(CO)NC(=O)C(O)CCCCCCCCCCCC/C=C\CCCCCCCCCCCCCC. The summed E-state index contributed by atoms with van der Waals surface area (Å²) in [6, 6.07) is -0.998. The Balaban J connectivity index is 3.63. The van der Waals surface area contributed by atoms with Crippen LogP contribution in [-0.2, 0) is 4.79 Å². The van der Waals surface area contributed by atoms with Crippen molar-refractivity contribution in [1.29, 1.82) is 0 Å². The lowest BCUT2D eigenvalue weighted by Gasteiger charge is -2.27. The van der Waals surface area contributed by atoms with E-state index < -0.39 is 36.9 Å². The molecular formula is C44H85NO5. The number of allylic oxidation sites excluding steroid dienone is 4. The Morgan fingerprint density at radius 3 is 1.24 bits per heavy atom. The second kappa shape index (κ2) is 39.0. The number of aliphatic hydroxyl groups is 4. The molecule has 4 atom stereocenters. The maximum Gasteiger partial charge on any atom is 0.249 e. The van der Waals surface area contributed by atoms with Crippen molar-refractivity contribution in [3.8, 4) is 0 Å². The second-order valence-corrected chi connectivity index (χ2v) is 15.0. The van der Waals surface area contributed by atoms with Gasteiger partial charge in [0, 0.05) is 0 Å². The average molecular weight is 708 g/mol. The zero-order valence-electron chi connectivity index (χ0n) is 33.2. The Bertz CT molecular complexity index is 757. The van der Waals surface area contributed by atoms with E-state index in [1.807, 2.05) is 0 Å². The quantitative estimate of drug-likeness (QED) is 0.0323. The fraction of sp³-hybridized carbons (Fsp3) is 0.886. The van der Waals surface area contributed by atoms with Crippen LogP contribution in [0.3, 0.4) is 0 Å². The van der Waals surface area contributed by atoms with Gasteiger partial charge in [0.1, 0.15) is 12.2 Å². The van der Waals surface area contributed by atoms with Crippen LogP contribution < -0.4 is 5.32 Å². The highest BCUT2D eigenvalue weighted by Gasteiger charge is 2.28. The van der Waals surface area contributed by atoms with Gasteiger partial charge in [0.2, 0.25) is 5.91 Å². The summed E-state index contributed by atoms with van der Waals surface area (Å²) in [4.78, 5) is 12.4. The van der Waals surface area contributed by atoms with Gasteiger partial charge in [-0.1, -0.05) is 179 Å². The molecule has 0 aromatic heterocycles. The summed E-state index contributed by atoms with van der Waals surface area (Å²) < 4.78 is 0. The minimum Gasteiger partial charge on any atom is -0.394 e. The van der Waals surface area contributed by atoms with Crippen LogP contribution in [0.15, 0.2) is 24.3 Å². The zero-order valence-corrected chi connectivity index (χ0v) is 33.2. The molecule has 296 valence electrons. The van der Waals surface area contributed by atoms with E-state index in [1.54, 1.807) is 0 Å². The molecule has 0 aromatic rings. The van der Waals surface area contributed by atoms with Gasteiger partial charge in [-0.15, -0.1) is 0 Å². The molecule has 0 spiro atoms. The third-order valence-electron chi connectivity index (χ3n) is 10.1. The number of rotatable bonds is 39. The summed E-state index contributed by atoms with van der Waals surface area (Å²) in [5.74, 6) is -0.597. The molecule has 5 N–H and O–H groups in total. The Hall–Kier alpha value is -1.21. The lowest BCUT2D eigenvalue weighted by Crippen LogP contribution is -2.53. The smallest absolute Gasteiger partial charge is 0.249 e. The molecule has 0 bridgehead atoms. The van der Waals surface area contributed by atoms with Gasteiger partial charge in [-0.3, -0.25) is 4.79 Å². The van der Waals surface area contributed by atoms with E-state index in [0.29, 0.717) is 19.3 Å². The van der Waals surface area contributed by atoms with Crippen LogP contribution in [0.4, 0.5) is 0 Å². The van der Waals surface area contributed by atoms with E-state index in [1.165, 1.54) is 154 Å². The third kappa shape index (κ3) is 32.7. The van der Waals surface area contributed by atoms with E-state index in [9.17, 15) is 25.2 Å². The standard InChI is InChI=1S/C44H85NO5/c1-3-5-7-9-11-13-14-15-16-17-18-19-20-21-22-23-24-25-26-27-28-29-30-32-34-36-38-42(48)44(50)45-40(39-46)43(49)41(47)37-35-33-31-12-10-8-6-4-2/h12,21-22,31,40-43,46-49H,3-11,13-20,23-30,32-39H2,1-2H3,(H,45,50)/b22-21-,31-12+. The highest BCUT2D eigenvalue weighted by Crippen LogP contribution is 2.15. The van der Waals surface area contributed by atoms with Gasteiger partial charge in [-0.25, -0.2) is 0 Å². The lowest BCUT2D eigenvalue weighted by atomic mass is 10.00. The third-order valence-corrected chi connectivity index (χ3v) is 10.1. The van der Waals surface area contributed by atoms with Gasteiger partial charge in [0.15, 0.2) is 0 Å². The number of hydrogen-bond acceptors (Lipinski definition) is 5. The minimum absolute atomic E-state index is 0.362. The van der Waals surface area contributed by atoms with Crippen LogP contribution in [0, 0.1) is 0 Å². The van der Waals surface area contributed by atoms with E-state index in [0.717, 1.165) is 32.1 Å². The number of hydrogen-bond donors (Lipinski definition) is 5. The maximum atomic E-state index is 12.4. The number of amides is 1. The van der Waals surface area contributed by atoms with Crippen molar-refractivity contribution in [2.75, 3.05) is 6.61 Å². The molecule has 50 heavy (non-hydrogen) atoms. The van der Waals surface area contributed by atoms with Crippen molar-refractivity contribution in [1.82, 2.24) is 5.32 Å². The van der Waals surface area contributed by atoms with Crippen LogP contribution in [0.1, 0.15) is 219 Å². The normalized spacial score (nSPS) is 14.4. The van der Waals surface area contributed by atoms with Gasteiger partial charge < -0.3 is 25.7 Å². The molecule has 0 heterocycles. The fourth-order valence-corrected chi connectivity index (χ4v) is 6.63. The van der Waals surface area contributed by atoms with E-state index in [-0.39, 0.29) is 0 Å². The summed E-state index contributed by atoms with van der Waals surface area (Å²) in [7, 11) is 0. The zero-order chi connectivity index (χ0) is 36.8. The Labute approximate surface area is 310 Å². The van der Waals surface area contributed by atoms with Gasteiger partial charge in [0.25, 0.3) is 0 Å². The minimum atomic E-state index is -1.28. The Kier molecular flexibility index (Phi) is 38.1. The number of nitrogens with one attached hydrogen (secondary N) is 1. The molecule has 0 fully saturated rings. The summed E-state index contributed by atoms with van der Waals surface area (Å²) in [6.07, 6.45) is 43.9. The molecule has 0 aliphatic carbocycles. The van der Waals surface area contributed by atoms with Crippen LogP contribution in [0.25, 0.3) is 0 Å². The van der Waals surface area contributed by atoms with Crippen LogP contribution in [0.2, 0.25) is 0 Å². The molecule has 0 saturated heterocycles. The topological polar surface area (TPSA) is 110 Å². The summed E-state index contributed by atoms with van der Waals surface area (Å²) in [5.41, 5.74) is 0. The van der Waals surface area contributed by atoms with Crippen molar-refractivity contribution in [2.24, 2.45) is 0 Å². The first-order valence-electron chi connectivity index (χ1n) is 21.7. The van der Waals surface area contributed by atoms with Gasteiger partial charge >= 0.3 is 0 Å². The molecule has 0 aromatic carbocycles. The monoisotopic (exact) mass is 708 g/mol. The second-order valence-electron chi connectivity index (χ2n) is 15.0. The molecule has 4 unspecified atom stereocenters. The van der Waals surface area contributed by atoms with Crippen molar-refractivity contribution in [3.05, 3.63) is 24.3 Å². The Morgan fingerprint density at radius 2 is 0.820 bits per heavy atom. The molecule has 6 nitrogen and oxygen atoms in total. The highest BCUT2D eigenvalue weighted by atomic mass is 16.3. The van der Waals surface area contributed by atoms with Crippen LogP contribution >= 0.6 is 0 Å². The number of aliphatic hydroxyl groups excluding tert-OH is 4. The molecule has 1 amide bonds. The molecule has 0 aliphatic heterocycles. The predicted octanol–water partition coefficient (Wildman–Crippen LogP) is 11.2. The van der Waals surface area contributed by atoms with Gasteiger partial charge in [0.05, 0.1) is 18.8 Å². The Morgan fingerprint density at radius 1 is 0.480 bits per heavy atom. The first-order valence-corrected chi connectivity index (χ1v) is 21.7. The van der Waals surface area contributed by atoms with Crippen molar-refractivity contribution in [2.45, 2.75) is 244 Å².